The quantitative estimate of drug-likeness (QED) is 0.280. The number of nitrogens with zero attached hydrogens (tertiary/aromatic N) is 1. The molecule has 0 aromatic rings. The summed E-state index contributed by atoms with van der Waals surface area (Å²) in [6, 6.07) is 0.163. The smallest absolute Gasteiger partial charge is 0.412 e. The maximum atomic E-state index is 12.6. The zero-order chi connectivity index (χ0) is 25.8. The van der Waals surface area contributed by atoms with E-state index in [4.69, 9.17) is 23.2 Å². The molecule has 14 heteroatoms. The van der Waals surface area contributed by atoms with Crippen LogP contribution in [0.25, 0.3) is 0 Å². The van der Waals surface area contributed by atoms with Gasteiger partial charge < -0.3 is 37.6 Å². The SMILES string of the molecule is C.CC(C)[C@H](CN1CCC(C2CCC(Cl)CC2)C(C)(C)C1)NCC1CC(Cl)CC(NSC(F)(F)F)C1.O.O.O.O.O. The van der Waals surface area contributed by atoms with Crippen LogP contribution in [0.5, 0.6) is 0 Å². The predicted octanol–water partition coefficient (Wildman–Crippen LogP) is 3.79. The molecule has 0 spiro atoms. The third kappa shape index (κ3) is 15.8. The molecular formula is C27H60Cl2F3N3O5S. The first-order valence-electron chi connectivity index (χ1n) is 13.6. The van der Waals surface area contributed by atoms with Crippen molar-refractivity contribution in [2.45, 2.75) is 115 Å². The Morgan fingerprint density at radius 1 is 0.902 bits per heavy atom. The molecule has 3 fully saturated rings. The first-order valence-corrected chi connectivity index (χ1v) is 15.3. The fraction of sp³-hybridized carbons (Fsp3) is 1.00. The van der Waals surface area contributed by atoms with Crippen LogP contribution in [0.1, 0.15) is 86.5 Å². The summed E-state index contributed by atoms with van der Waals surface area (Å²) in [7, 11) is 0. The predicted molar refractivity (Wildman–Crippen MR) is 169 cm³/mol. The highest BCUT2D eigenvalue weighted by molar-refractivity contribution is 7.98. The summed E-state index contributed by atoms with van der Waals surface area (Å²) in [4.78, 5) is 2.64. The van der Waals surface area contributed by atoms with E-state index < -0.39 is 5.51 Å². The molecule has 3 aliphatic rings. The van der Waals surface area contributed by atoms with Gasteiger partial charge in [0.2, 0.25) is 0 Å². The second kappa shape index (κ2) is 21.2. The van der Waals surface area contributed by atoms with Gasteiger partial charge in [-0.05, 0) is 93.5 Å². The van der Waals surface area contributed by atoms with Crippen LogP contribution < -0.4 is 10.0 Å². The first-order chi connectivity index (χ1) is 16.3. The Labute approximate surface area is 260 Å². The summed E-state index contributed by atoms with van der Waals surface area (Å²) >= 11 is 12.7. The molecule has 3 rings (SSSR count). The van der Waals surface area contributed by atoms with Gasteiger partial charge in [0.25, 0.3) is 0 Å². The van der Waals surface area contributed by atoms with Gasteiger partial charge in [0.05, 0.1) is 0 Å². The van der Waals surface area contributed by atoms with Crippen LogP contribution in [0, 0.1) is 29.1 Å². The highest BCUT2D eigenvalue weighted by atomic mass is 35.5. The zero-order valence-corrected chi connectivity index (χ0v) is 26.7. The second-order valence-corrected chi connectivity index (χ2v) is 14.6. The molecule has 1 heterocycles. The van der Waals surface area contributed by atoms with E-state index >= 15 is 0 Å². The topological polar surface area (TPSA) is 185 Å². The van der Waals surface area contributed by atoms with Crippen molar-refractivity contribution in [3.05, 3.63) is 0 Å². The molecule has 0 aromatic carbocycles. The molecule has 0 aromatic heterocycles. The number of likely N-dealkylation sites (tertiary alicyclic amines) is 1. The molecule has 12 N–H and O–H groups in total. The van der Waals surface area contributed by atoms with Gasteiger partial charge in [-0.15, -0.1) is 23.2 Å². The number of hydrogen-bond acceptors (Lipinski definition) is 4. The third-order valence-corrected chi connectivity index (χ3v) is 10.2. The number of nitrogens with one attached hydrogen (secondary N) is 2. The van der Waals surface area contributed by atoms with E-state index in [1.54, 1.807) is 0 Å². The van der Waals surface area contributed by atoms with E-state index in [0.29, 0.717) is 29.2 Å². The number of hydrogen-bond donors (Lipinski definition) is 2. The molecule has 1 aliphatic heterocycles. The van der Waals surface area contributed by atoms with Crippen LogP contribution in [0.3, 0.4) is 0 Å². The lowest BCUT2D eigenvalue weighted by molar-refractivity contribution is -0.0339. The number of halogens is 5. The summed E-state index contributed by atoms with van der Waals surface area (Å²) in [6.07, 6.45) is 8.32. The molecule has 4 unspecified atom stereocenters. The van der Waals surface area contributed by atoms with Crippen LogP contribution in [0.2, 0.25) is 0 Å². The fourth-order valence-electron chi connectivity index (χ4n) is 6.88. The Kier molecular flexibility index (Phi) is 25.0. The van der Waals surface area contributed by atoms with Crippen molar-refractivity contribution in [3.8, 4) is 0 Å². The zero-order valence-electron chi connectivity index (χ0n) is 24.3. The van der Waals surface area contributed by atoms with Crippen molar-refractivity contribution >= 4 is 35.1 Å². The van der Waals surface area contributed by atoms with E-state index in [1.165, 1.54) is 19.3 Å². The minimum absolute atomic E-state index is 0. The van der Waals surface area contributed by atoms with Crippen LogP contribution in [-0.2, 0) is 0 Å². The summed E-state index contributed by atoms with van der Waals surface area (Å²) < 4.78 is 40.5. The minimum Gasteiger partial charge on any atom is -0.412 e. The molecule has 41 heavy (non-hydrogen) atoms. The van der Waals surface area contributed by atoms with E-state index in [1.807, 2.05) is 0 Å². The summed E-state index contributed by atoms with van der Waals surface area (Å²) in [5.41, 5.74) is -3.96. The van der Waals surface area contributed by atoms with Crippen LogP contribution in [0.4, 0.5) is 13.2 Å². The van der Waals surface area contributed by atoms with Gasteiger partial charge in [-0.3, -0.25) is 4.72 Å². The highest BCUT2D eigenvalue weighted by Gasteiger charge is 2.41. The molecule has 8 nitrogen and oxygen atoms in total. The maximum Gasteiger partial charge on any atom is 0.456 e. The lowest BCUT2D eigenvalue weighted by atomic mass is 9.64. The molecular weight excluding hydrogens is 606 g/mol. The van der Waals surface area contributed by atoms with E-state index in [2.05, 4.69) is 42.6 Å². The van der Waals surface area contributed by atoms with E-state index in [-0.39, 0.29) is 64.1 Å². The van der Waals surface area contributed by atoms with Crippen molar-refractivity contribution in [2.24, 2.45) is 29.1 Å². The largest absolute Gasteiger partial charge is 0.456 e. The highest BCUT2D eigenvalue weighted by Crippen LogP contribution is 2.45. The summed E-state index contributed by atoms with van der Waals surface area (Å²) in [5, 5.41) is 4.08. The first kappa shape index (κ1) is 48.3. The van der Waals surface area contributed by atoms with Gasteiger partial charge >= 0.3 is 5.51 Å². The van der Waals surface area contributed by atoms with Gasteiger partial charge in [0, 0.05) is 47.9 Å². The number of alkyl halides is 5. The van der Waals surface area contributed by atoms with Crippen LogP contribution >= 0.6 is 35.1 Å². The average molecular weight is 667 g/mol. The number of piperidine rings is 1. The normalized spacial score (nSPS) is 30.6. The fourth-order valence-corrected chi connectivity index (χ4v) is 8.09. The van der Waals surface area contributed by atoms with Crippen molar-refractivity contribution < 1.29 is 40.6 Å². The maximum absolute atomic E-state index is 12.6. The van der Waals surface area contributed by atoms with Gasteiger partial charge in [-0.25, -0.2) is 0 Å². The Bertz CT molecular complexity index is 666. The molecule has 1 saturated heterocycles. The van der Waals surface area contributed by atoms with Crippen molar-refractivity contribution in [2.75, 3.05) is 26.2 Å². The Balaban J connectivity index is -0.00000114. The Hall–Kier alpha value is 0.400. The standard InChI is InChI=1S/C26H46Cl2F3N3S.CH4.5H2O/c1-17(2)24(32-14-18-11-21(28)13-22(12-18)33-35-26(29,30)31)15-34-10-9-23(25(3,4)16-34)19-5-7-20(27)8-6-19;;;;;;/h17-24,32-33H,5-16H2,1-4H3;1H4;5*1H2/t18?,19?,20?,21?,22?,23?,24-;;;;;;/m0....../s1. The van der Waals surface area contributed by atoms with E-state index in [0.717, 1.165) is 63.7 Å². The van der Waals surface area contributed by atoms with Crippen LogP contribution in [-0.4, -0.2) is 86.8 Å². The monoisotopic (exact) mass is 665 g/mol. The molecule has 0 amide bonds. The number of rotatable bonds is 9. The van der Waals surface area contributed by atoms with E-state index in [9.17, 15) is 13.2 Å². The van der Waals surface area contributed by atoms with Gasteiger partial charge in [-0.2, -0.15) is 13.2 Å². The summed E-state index contributed by atoms with van der Waals surface area (Å²) in [5.74, 6) is 2.36. The third-order valence-electron chi connectivity index (χ3n) is 8.68. The van der Waals surface area contributed by atoms with Crippen molar-refractivity contribution in [1.29, 1.82) is 0 Å². The molecule has 0 radical (unpaired) electrons. The Morgan fingerprint density at radius 3 is 2.00 bits per heavy atom. The molecule has 2 aliphatic carbocycles. The van der Waals surface area contributed by atoms with Crippen molar-refractivity contribution in [3.63, 3.8) is 0 Å². The second-order valence-electron chi connectivity index (χ2n) is 12.4. The summed E-state index contributed by atoms with van der Waals surface area (Å²) in [6.45, 7) is 13.5. The van der Waals surface area contributed by atoms with Gasteiger partial charge in [-0.1, -0.05) is 35.1 Å². The van der Waals surface area contributed by atoms with Crippen LogP contribution in [0.15, 0.2) is 0 Å². The average Bonchev–Trinajstić information content (AvgIpc) is 2.74. The molecule has 2 saturated carbocycles. The van der Waals surface area contributed by atoms with Gasteiger partial charge in [0.15, 0.2) is 0 Å². The Morgan fingerprint density at radius 2 is 1.49 bits per heavy atom. The lowest BCUT2D eigenvalue weighted by Crippen LogP contribution is -2.53. The minimum atomic E-state index is -4.26. The molecule has 0 bridgehead atoms. The lowest BCUT2D eigenvalue weighted by Gasteiger charge is -2.49. The van der Waals surface area contributed by atoms with Crippen molar-refractivity contribution in [1.82, 2.24) is 14.9 Å². The van der Waals surface area contributed by atoms with Gasteiger partial charge in [0.1, 0.15) is 0 Å². The molecule has 5 atom stereocenters. The molecule has 254 valence electrons.